The second-order valence-electron chi connectivity index (χ2n) is 9.17. The quantitative estimate of drug-likeness (QED) is 0.613. The third-order valence-electron chi connectivity index (χ3n) is 6.80. The van der Waals surface area contributed by atoms with Gasteiger partial charge in [0, 0.05) is 31.5 Å². The first-order chi connectivity index (χ1) is 18.3. The molecule has 3 fully saturated rings. The Morgan fingerprint density at radius 3 is 2.00 bits per heavy atom. The SMILES string of the molecule is CO[C@H]1O[C@@H]2CO[C@@H](c3ccccc3)O[C@H]2[C@@H]2OCCOCCN(c3ccccc3)CCOCCO[C@@H]12. The summed E-state index contributed by atoms with van der Waals surface area (Å²) in [7, 11) is 1.61. The van der Waals surface area contributed by atoms with Crippen molar-refractivity contribution in [3.05, 3.63) is 66.2 Å². The van der Waals surface area contributed by atoms with Gasteiger partial charge in [-0.3, -0.25) is 0 Å². The molecule has 2 aromatic rings. The summed E-state index contributed by atoms with van der Waals surface area (Å²) in [5.74, 6) is 0. The van der Waals surface area contributed by atoms with Gasteiger partial charge in [-0.15, -0.1) is 0 Å². The van der Waals surface area contributed by atoms with E-state index >= 15 is 0 Å². The molecule has 0 aliphatic carbocycles. The Morgan fingerprint density at radius 2 is 1.32 bits per heavy atom. The molecule has 0 bridgehead atoms. The molecule has 0 radical (unpaired) electrons. The van der Waals surface area contributed by atoms with Crippen LogP contribution in [-0.4, -0.2) is 97.2 Å². The fourth-order valence-electron chi connectivity index (χ4n) is 4.93. The highest BCUT2D eigenvalue weighted by Crippen LogP contribution is 2.36. The number of benzene rings is 2. The molecule has 5 rings (SSSR count). The minimum absolute atomic E-state index is 0.339. The molecule has 0 saturated carbocycles. The summed E-state index contributed by atoms with van der Waals surface area (Å²) in [6, 6.07) is 20.2. The first kappa shape index (κ1) is 26.5. The monoisotopic (exact) mass is 515 g/mol. The fourth-order valence-corrected chi connectivity index (χ4v) is 4.93. The van der Waals surface area contributed by atoms with Gasteiger partial charge >= 0.3 is 0 Å². The maximum atomic E-state index is 6.40. The topological polar surface area (TPSA) is 77.1 Å². The smallest absolute Gasteiger partial charge is 0.186 e. The summed E-state index contributed by atoms with van der Waals surface area (Å²) in [6.45, 7) is 4.73. The number of anilines is 1. The number of para-hydroxylation sites is 1. The van der Waals surface area contributed by atoms with Gasteiger partial charge in [-0.1, -0.05) is 48.5 Å². The van der Waals surface area contributed by atoms with Crippen LogP contribution in [0.4, 0.5) is 5.69 Å². The van der Waals surface area contributed by atoms with Gasteiger partial charge in [0.2, 0.25) is 0 Å². The number of rotatable bonds is 3. The van der Waals surface area contributed by atoms with E-state index in [0.29, 0.717) is 46.2 Å². The lowest BCUT2D eigenvalue weighted by Gasteiger charge is -2.48. The molecular weight excluding hydrogens is 478 g/mol. The Hall–Kier alpha value is -2.08. The standard InChI is InChI=1S/C28H37NO8/c1-30-28-26-25(24-23(36-28)20-35-27(37-24)21-8-4-2-5-9-21)33-18-16-31-14-12-29(13-15-32-17-19-34-26)22-10-6-3-7-11-22/h2-11,23-28H,12-20H2,1H3/t23-,24-,25+,26-,27-,28+/m1/s1. The molecule has 0 aromatic heterocycles. The van der Waals surface area contributed by atoms with Gasteiger partial charge in [0.1, 0.15) is 24.4 Å². The Labute approximate surface area is 218 Å². The average Bonchev–Trinajstić information content (AvgIpc) is 2.96. The Balaban J connectivity index is 1.26. The number of ether oxygens (including phenoxy) is 8. The van der Waals surface area contributed by atoms with Crippen molar-refractivity contribution in [2.24, 2.45) is 0 Å². The lowest BCUT2D eigenvalue weighted by molar-refractivity contribution is -0.368. The normalized spacial score (nSPS) is 32.4. The molecule has 0 N–H and O–H groups in total. The van der Waals surface area contributed by atoms with Gasteiger partial charge in [-0.25, -0.2) is 0 Å². The average molecular weight is 516 g/mol. The third-order valence-corrected chi connectivity index (χ3v) is 6.80. The van der Waals surface area contributed by atoms with Crippen molar-refractivity contribution in [3.63, 3.8) is 0 Å². The zero-order valence-electron chi connectivity index (χ0n) is 21.3. The molecule has 2 aromatic carbocycles. The van der Waals surface area contributed by atoms with Crippen molar-refractivity contribution in [1.82, 2.24) is 0 Å². The molecular formula is C28H37NO8. The van der Waals surface area contributed by atoms with Crippen LogP contribution in [0.2, 0.25) is 0 Å². The van der Waals surface area contributed by atoms with E-state index in [0.717, 1.165) is 24.3 Å². The molecule has 3 aliphatic heterocycles. The van der Waals surface area contributed by atoms with Crippen LogP contribution >= 0.6 is 0 Å². The molecule has 0 amide bonds. The van der Waals surface area contributed by atoms with Crippen LogP contribution in [0.15, 0.2) is 60.7 Å². The summed E-state index contributed by atoms with van der Waals surface area (Å²) in [4.78, 5) is 2.26. The van der Waals surface area contributed by atoms with Gasteiger partial charge in [0.25, 0.3) is 0 Å². The zero-order chi connectivity index (χ0) is 25.3. The molecule has 202 valence electrons. The van der Waals surface area contributed by atoms with Crippen LogP contribution in [0, 0.1) is 0 Å². The Kier molecular flexibility index (Phi) is 9.78. The van der Waals surface area contributed by atoms with E-state index in [1.54, 1.807) is 7.11 Å². The van der Waals surface area contributed by atoms with Crippen molar-refractivity contribution in [1.29, 1.82) is 0 Å². The van der Waals surface area contributed by atoms with Crippen LogP contribution in [0.1, 0.15) is 11.9 Å². The first-order valence-electron chi connectivity index (χ1n) is 13.0. The van der Waals surface area contributed by atoms with Crippen LogP contribution < -0.4 is 4.90 Å². The molecule has 6 atom stereocenters. The highest BCUT2D eigenvalue weighted by atomic mass is 16.8. The molecule has 3 heterocycles. The van der Waals surface area contributed by atoms with E-state index in [4.69, 9.17) is 37.9 Å². The van der Waals surface area contributed by atoms with Crippen molar-refractivity contribution < 1.29 is 37.9 Å². The highest BCUT2D eigenvalue weighted by Gasteiger charge is 2.51. The highest BCUT2D eigenvalue weighted by molar-refractivity contribution is 5.45. The molecule has 3 aliphatic rings. The van der Waals surface area contributed by atoms with E-state index in [1.807, 2.05) is 48.5 Å². The van der Waals surface area contributed by atoms with Gasteiger partial charge in [0.05, 0.1) is 46.2 Å². The number of nitrogens with zero attached hydrogens (tertiary/aromatic N) is 1. The predicted octanol–water partition coefficient (Wildman–Crippen LogP) is 2.80. The van der Waals surface area contributed by atoms with Crippen molar-refractivity contribution in [2.45, 2.75) is 37.0 Å². The summed E-state index contributed by atoms with van der Waals surface area (Å²) in [5.41, 5.74) is 2.09. The first-order valence-corrected chi connectivity index (χ1v) is 13.0. The Bertz CT molecular complexity index is 919. The molecule has 9 heteroatoms. The lowest BCUT2D eigenvalue weighted by atomic mass is 9.97. The number of hydrogen-bond donors (Lipinski definition) is 0. The maximum absolute atomic E-state index is 6.40. The van der Waals surface area contributed by atoms with Crippen molar-refractivity contribution in [2.75, 3.05) is 71.3 Å². The molecule has 0 spiro atoms. The van der Waals surface area contributed by atoms with Gasteiger partial charge in [0.15, 0.2) is 12.6 Å². The summed E-state index contributed by atoms with van der Waals surface area (Å²) >= 11 is 0. The van der Waals surface area contributed by atoms with E-state index in [-0.39, 0.29) is 12.2 Å². The maximum Gasteiger partial charge on any atom is 0.186 e. The predicted molar refractivity (Wildman–Crippen MR) is 135 cm³/mol. The molecule has 9 nitrogen and oxygen atoms in total. The molecule has 0 unspecified atom stereocenters. The fraction of sp³-hybridized carbons (Fsp3) is 0.571. The largest absolute Gasteiger partial charge is 0.377 e. The summed E-state index contributed by atoms with van der Waals surface area (Å²) in [6.07, 6.45) is -2.76. The van der Waals surface area contributed by atoms with E-state index < -0.39 is 24.8 Å². The van der Waals surface area contributed by atoms with Crippen LogP contribution in [0.25, 0.3) is 0 Å². The number of hydrogen-bond acceptors (Lipinski definition) is 9. The minimum Gasteiger partial charge on any atom is -0.377 e. The van der Waals surface area contributed by atoms with E-state index in [9.17, 15) is 0 Å². The zero-order valence-corrected chi connectivity index (χ0v) is 21.3. The van der Waals surface area contributed by atoms with Crippen LogP contribution in [-0.2, 0) is 37.9 Å². The van der Waals surface area contributed by atoms with E-state index in [1.165, 1.54) is 0 Å². The molecule has 37 heavy (non-hydrogen) atoms. The second kappa shape index (κ2) is 13.6. The summed E-state index contributed by atoms with van der Waals surface area (Å²) < 4.78 is 48.7. The van der Waals surface area contributed by atoms with Gasteiger partial charge in [-0.05, 0) is 12.1 Å². The number of fused-ring (bicyclic) bond motifs is 3. The van der Waals surface area contributed by atoms with Gasteiger partial charge in [-0.2, -0.15) is 0 Å². The number of methoxy groups -OCH3 is 1. The van der Waals surface area contributed by atoms with Crippen molar-refractivity contribution >= 4 is 5.69 Å². The Morgan fingerprint density at radius 1 is 0.676 bits per heavy atom. The molecule has 3 saturated heterocycles. The van der Waals surface area contributed by atoms with E-state index in [2.05, 4.69) is 17.0 Å². The van der Waals surface area contributed by atoms with Gasteiger partial charge < -0.3 is 42.8 Å². The summed E-state index contributed by atoms with van der Waals surface area (Å²) in [5, 5.41) is 0. The lowest BCUT2D eigenvalue weighted by Crippen LogP contribution is -2.63. The third kappa shape index (κ3) is 6.87. The minimum atomic E-state index is -0.614. The van der Waals surface area contributed by atoms with Crippen LogP contribution in [0.3, 0.4) is 0 Å². The van der Waals surface area contributed by atoms with Crippen molar-refractivity contribution in [3.8, 4) is 0 Å². The second-order valence-corrected chi connectivity index (χ2v) is 9.17. The van der Waals surface area contributed by atoms with Crippen LogP contribution in [0.5, 0.6) is 0 Å².